The van der Waals surface area contributed by atoms with E-state index in [2.05, 4.69) is 4.74 Å². The first kappa shape index (κ1) is 14.6. The Hall–Kier alpha value is -0.470. The number of piperazine rings is 1. The van der Waals surface area contributed by atoms with Crippen LogP contribution in [0, 0.1) is 0 Å². The molecule has 0 aliphatic carbocycles. The van der Waals surface area contributed by atoms with Gasteiger partial charge in [-0.1, -0.05) is 0 Å². The highest BCUT2D eigenvalue weighted by molar-refractivity contribution is 4.87. The Bertz CT molecular complexity index is 250. The third kappa shape index (κ3) is 3.05. The van der Waals surface area contributed by atoms with E-state index < -0.39 is 18.3 Å². The fourth-order valence-electron chi connectivity index (χ4n) is 1.72. The lowest BCUT2D eigenvalue weighted by atomic mass is 10.2. The van der Waals surface area contributed by atoms with Crippen LogP contribution >= 0.6 is 0 Å². The number of likely N-dealkylation sites (N-methyl/N-ethyl adjacent to an activating group) is 1. The van der Waals surface area contributed by atoms with Gasteiger partial charge in [-0.25, -0.2) is 0 Å². The molecule has 8 heteroatoms. The molecule has 17 heavy (non-hydrogen) atoms. The molecule has 0 aromatic rings. The minimum Gasteiger partial charge on any atom is -0.360 e. The molecule has 1 saturated heterocycles. The van der Waals surface area contributed by atoms with Crippen molar-refractivity contribution in [1.29, 1.82) is 0 Å². The van der Waals surface area contributed by atoms with Crippen LogP contribution in [0.15, 0.2) is 0 Å². The Balaban J connectivity index is 2.77. The van der Waals surface area contributed by atoms with Crippen molar-refractivity contribution < 1.29 is 26.7 Å². The Kier molecular flexibility index (Phi) is 4.32. The number of alkyl halides is 5. The van der Waals surface area contributed by atoms with Gasteiger partial charge < -0.3 is 9.64 Å². The number of rotatable bonds is 3. The van der Waals surface area contributed by atoms with Crippen LogP contribution in [0.1, 0.15) is 0 Å². The minimum absolute atomic E-state index is 0.126. The molecule has 0 N–H and O–H groups in total. The molecular weight excluding hydrogens is 247 g/mol. The quantitative estimate of drug-likeness (QED) is 0.715. The number of hydrogen-bond donors (Lipinski definition) is 0. The van der Waals surface area contributed by atoms with Crippen LogP contribution in [-0.2, 0) is 4.74 Å². The highest BCUT2D eigenvalue weighted by atomic mass is 19.4. The molecule has 1 fully saturated rings. The van der Waals surface area contributed by atoms with Crippen molar-refractivity contribution in [2.75, 3.05) is 40.3 Å². The summed E-state index contributed by atoms with van der Waals surface area (Å²) in [5.74, 6) is -4.86. The van der Waals surface area contributed by atoms with Crippen molar-refractivity contribution in [3.63, 3.8) is 0 Å². The molecule has 1 atom stereocenters. The number of nitrogens with zero attached hydrogens (tertiary/aromatic N) is 2. The summed E-state index contributed by atoms with van der Waals surface area (Å²) < 4.78 is 67.4. The predicted octanol–water partition coefficient (Wildman–Crippen LogP) is 1.40. The largest absolute Gasteiger partial charge is 0.457 e. The van der Waals surface area contributed by atoms with Gasteiger partial charge in [0, 0.05) is 33.3 Å². The summed E-state index contributed by atoms with van der Waals surface area (Å²) >= 11 is 0. The maximum Gasteiger partial charge on any atom is 0.457 e. The first-order valence-corrected chi connectivity index (χ1v) is 5.10. The second-order valence-corrected chi connectivity index (χ2v) is 4.05. The molecule has 0 radical (unpaired) electrons. The molecular formula is C9H15F5N2O. The molecule has 1 unspecified atom stereocenters. The van der Waals surface area contributed by atoms with E-state index in [1.54, 1.807) is 7.05 Å². The monoisotopic (exact) mass is 262 g/mol. The molecule has 0 amide bonds. The number of methoxy groups -OCH3 is 1. The average molecular weight is 262 g/mol. The standard InChI is InChI=1S/C9H15F5N2O/c1-15-3-5-16(6-4-15)7(17-2)8(10,11)9(12,13)14/h7H,3-6H2,1-2H3. The van der Waals surface area contributed by atoms with Crippen LogP contribution < -0.4 is 0 Å². The van der Waals surface area contributed by atoms with Crippen LogP contribution in [0.5, 0.6) is 0 Å². The molecule has 0 aromatic heterocycles. The van der Waals surface area contributed by atoms with E-state index in [4.69, 9.17) is 0 Å². The van der Waals surface area contributed by atoms with Crippen LogP contribution in [0.2, 0.25) is 0 Å². The summed E-state index contributed by atoms with van der Waals surface area (Å²) in [7, 11) is 2.64. The van der Waals surface area contributed by atoms with Crippen molar-refractivity contribution >= 4 is 0 Å². The Morgan fingerprint density at radius 2 is 1.47 bits per heavy atom. The SMILES string of the molecule is COC(N1CCN(C)CC1)C(F)(F)C(F)(F)F. The average Bonchev–Trinajstić information content (AvgIpc) is 2.20. The predicted molar refractivity (Wildman–Crippen MR) is 50.9 cm³/mol. The lowest BCUT2D eigenvalue weighted by molar-refractivity contribution is -0.339. The van der Waals surface area contributed by atoms with Crippen molar-refractivity contribution in [3.8, 4) is 0 Å². The van der Waals surface area contributed by atoms with Crippen molar-refractivity contribution in [3.05, 3.63) is 0 Å². The zero-order valence-corrected chi connectivity index (χ0v) is 9.60. The first-order valence-electron chi connectivity index (χ1n) is 5.10. The zero-order valence-electron chi connectivity index (χ0n) is 9.60. The van der Waals surface area contributed by atoms with E-state index >= 15 is 0 Å². The molecule has 0 bridgehead atoms. The maximum atomic E-state index is 13.2. The molecule has 102 valence electrons. The summed E-state index contributed by atoms with van der Waals surface area (Å²) in [6, 6.07) is 0. The second kappa shape index (κ2) is 5.03. The summed E-state index contributed by atoms with van der Waals surface area (Å²) in [4.78, 5) is 2.88. The Morgan fingerprint density at radius 1 is 1.00 bits per heavy atom. The van der Waals surface area contributed by atoms with Gasteiger partial charge in [0.2, 0.25) is 0 Å². The van der Waals surface area contributed by atoms with Crippen LogP contribution in [0.25, 0.3) is 0 Å². The van der Waals surface area contributed by atoms with Gasteiger partial charge in [-0.2, -0.15) is 22.0 Å². The molecule has 0 spiro atoms. The fourth-order valence-corrected chi connectivity index (χ4v) is 1.72. The topological polar surface area (TPSA) is 15.7 Å². The number of ether oxygens (including phenoxy) is 1. The van der Waals surface area contributed by atoms with Crippen molar-refractivity contribution in [2.45, 2.75) is 18.3 Å². The summed E-state index contributed by atoms with van der Waals surface area (Å²) in [5, 5.41) is 0. The van der Waals surface area contributed by atoms with E-state index in [1.807, 2.05) is 4.90 Å². The molecule has 3 nitrogen and oxygen atoms in total. The zero-order chi connectivity index (χ0) is 13.3. The van der Waals surface area contributed by atoms with Crippen LogP contribution in [0.4, 0.5) is 22.0 Å². The third-order valence-electron chi connectivity index (χ3n) is 2.78. The van der Waals surface area contributed by atoms with Crippen LogP contribution in [0.3, 0.4) is 0 Å². The van der Waals surface area contributed by atoms with Gasteiger partial charge in [-0.15, -0.1) is 0 Å². The molecule has 0 saturated carbocycles. The molecule has 1 aliphatic rings. The van der Waals surface area contributed by atoms with E-state index in [1.165, 1.54) is 0 Å². The van der Waals surface area contributed by atoms with Gasteiger partial charge in [0.25, 0.3) is 0 Å². The Morgan fingerprint density at radius 3 is 1.82 bits per heavy atom. The van der Waals surface area contributed by atoms with E-state index in [9.17, 15) is 22.0 Å². The van der Waals surface area contributed by atoms with Gasteiger partial charge in [-0.05, 0) is 7.05 Å². The van der Waals surface area contributed by atoms with E-state index in [0.717, 1.165) is 12.0 Å². The molecule has 1 heterocycles. The van der Waals surface area contributed by atoms with E-state index in [-0.39, 0.29) is 13.1 Å². The van der Waals surface area contributed by atoms with Crippen molar-refractivity contribution in [2.24, 2.45) is 0 Å². The third-order valence-corrected chi connectivity index (χ3v) is 2.78. The maximum absolute atomic E-state index is 13.2. The second-order valence-electron chi connectivity index (χ2n) is 4.05. The normalized spacial score (nSPS) is 22.8. The van der Waals surface area contributed by atoms with E-state index in [0.29, 0.717) is 13.1 Å². The number of hydrogen-bond acceptors (Lipinski definition) is 3. The summed E-state index contributed by atoms with van der Waals surface area (Å²) in [6.45, 7) is 1.13. The molecule has 1 aliphatic heterocycles. The van der Waals surface area contributed by atoms with Gasteiger partial charge in [0.1, 0.15) is 0 Å². The highest BCUT2D eigenvalue weighted by Gasteiger charge is 2.64. The molecule has 1 rings (SSSR count). The van der Waals surface area contributed by atoms with Gasteiger partial charge >= 0.3 is 12.1 Å². The Labute approximate surface area is 96.1 Å². The lowest BCUT2D eigenvalue weighted by Gasteiger charge is -2.40. The number of halogens is 5. The first-order chi connectivity index (χ1) is 7.70. The summed E-state index contributed by atoms with van der Waals surface area (Å²) in [6.07, 6.45) is -7.85. The van der Waals surface area contributed by atoms with Gasteiger partial charge in [-0.3, -0.25) is 4.90 Å². The smallest absolute Gasteiger partial charge is 0.360 e. The van der Waals surface area contributed by atoms with Crippen LogP contribution in [-0.4, -0.2) is 68.5 Å². The van der Waals surface area contributed by atoms with Crippen molar-refractivity contribution in [1.82, 2.24) is 9.80 Å². The highest BCUT2D eigenvalue weighted by Crippen LogP contribution is 2.40. The van der Waals surface area contributed by atoms with Gasteiger partial charge in [0.05, 0.1) is 0 Å². The lowest BCUT2D eigenvalue weighted by Crippen LogP contribution is -2.60. The summed E-state index contributed by atoms with van der Waals surface area (Å²) in [5.41, 5.74) is 0. The minimum atomic E-state index is -5.60. The fraction of sp³-hybridized carbons (Fsp3) is 1.00. The molecule has 0 aromatic carbocycles. The van der Waals surface area contributed by atoms with Gasteiger partial charge in [0.15, 0.2) is 6.23 Å².